The van der Waals surface area contributed by atoms with Crippen LogP contribution in [0.1, 0.15) is 76.5 Å². The zero-order valence-corrected chi connectivity index (χ0v) is 24.1. The molecule has 1 heterocycles. The largest absolute Gasteiger partial charge is 1.00 e. The molecule has 0 aliphatic heterocycles. The molecule has 1 aromatic heterocycles. The first-order valence-electron chi connectivity index (χ1n) is 11.7. The molecule has 0 saturated heterocycles. The molecule has 0 saturated carbocycles. The monoisotopic (exact) mass is 504 g/mol. The number of pyridine rings is 1. The molecule has 0 aliphatic rings. The first kappa shape index (κ1) is 35.9. The smallest absolute Gasteiger partial charge is 0.870 e. The number of carbonyl (C=O) groups is 2. The van der Waals surface area contributed by atoms with E-state index in [0.29, 0.717) is 35.9 Å². The Labute approximate surface area is 237 Å². The van der Waals surface area contributed by atoms with Gasteiger partial charge in [0.1, 0.15) is 0 Å². The standard InChI is InChI=1S/C14H19NO2.C14H17NO.CH4.Na.H2O/c1-4-13(16)11-7-5-6-8-12(11)15-14(17)9-10(2)3;1-9(2)8-13-10(3)14(16)11-6-4-5-7-12(11)15-13;;;/h5-8,10H,4,9H2,1-3H3,(H,15,17);4-7,9H,8H2,1-3H3,(H,15,16);1H4;;1H2/q;;;+1;/p-1. The van der Waals surface area contributed by atoms with Gasteiger partial charge in [-0.1, -0.05) is 66.3 Å². The first-order valence-corrected chi connectivity index (χ1v) is 11.7. The Morgan fingerprint density at radius 2 is 1.53 bits per heavy atom. The number of nitrogens with one attached hydrogen (secondary N) is 2. The number of para-hydroxylation sites is 2. The van der Waals surface area contributed by atoms with Gasteiger partial charge >= 0.3 is 29.6 Å². The Kier molecular flexibility index (Phi) is 17.2. The molecule has 3 aromatic rings. The van der Waals surface area contributed by atoms with Crippen molar-refractivity contribution in [1.82, 2.24) is 4.98 Å². The van der Waals surface area contributed by atoms with Gasteiger partial charge in [0.25, 0.3) is 0 Å². The zero-order chi connectivity index (χ0) is 24.5. The van der Waals surface area contributed by atoms with Crippen LogP contribution in [0.15, 0.2) is 53.3 Å². The van der Waals surface area contributed by atoms with E-state index in [2.05, 4.69) is 24.1 Å². The summed E-state index contributed by atoms with van der Waals surface area (Å²) in [7, 11) is 0. The van der Waals surface area contributed by atoms with Crippen LogP contribution >= 0.6 is 0 Å². The molecule has 0 radical (unpaired) electrons. The predicted molar refractivity (Wildman–Crippen MR) is 146 cm³/mol. The predicted octanol–water partition coefficient (Wildman–Crippen LogP) is 3.76. The molecule has 0 spiro atoms. The summed E-state index contributed by atoms with van der Waals surface area (Å²) in [5.41, 5.74) is 4.22. The fourth-order valence-electron chi connectivity index (χ4n) is 3.60. The molecule has 3 N–H and O–H groups in total. The van der Waals surface area contributed by atoms with Gasteiger partial charge in [0.05, 0.1) is 5.69 Å². The summed E-state index contributed by atoms with van der Waals surface area (Å²) in [6.45, 7) is 12.0. The van der Waals surface area contributed by atoms with E-state index >= 15 is 0 Å². The molecule has 3 rings (SSSR count). The number of aromatic amines is 1. The maximum absolute atomic E-state index is 12.1. The van der Waals surface area contributed by atoms with Gasteiger partial charge in [-0.2, -0.15) is 0 Å². The van der Waals surface area contributed by atoms with Crippen molar-refractivity contribution in [3.63, 3.8) is 0 Å². The van der Waals surface area contributed by atoms with Crippen LogP contribution in [-0.2, 0) is 11.2 Å². The number of ketones is 1. The summed E-state index contributed by atoms with van der Waals surface area (Å²) >= 11 is 0. The molecule has 7 heteroatoms. The molecular weight excluding hydrogens is 463 g/mol. The average molecular weight is 505 g/mol. The van der Waals surface area contributed by atoms with Crippen molar-refractivity contribution >= 4 is 28.3 Å². The zero-order valence-electron chi connectivity index (χ0n) is 22.1. The van der Waals surface area contributed by atoms with Crippen LogP contribution in [0.3, 0.4) is 0 Å². The molecule has 0 bridgehead atoms. The summed E-state index contributed by atoms with van der Waals surface area (Å²) in [6.07, 6.45) is 1.83. The summed E-state index contributed by atoms with van der Waals surface area (Å²) < 4.78 is 0. The van der Waals surface area contributed by atoms with Crippen LogP contribution < -0.4 is 40.3 Å². The van der Waals surface area contributed by atoms with Crippen molar-refractivity contribution in [3.05, 3.63) is 75.6 Å². The number of H-pyrrole nitrogens is 1. The minimum absolute atomic E-state index is 0. The molecule has 0 fully saturated rings. The molecule has 6 nitrogen and oxygen atoms in total. The number of aromatic nitrogens is 1. The number of amides is 1. The van der Waals surface area contributed by atoms with Crippen molar-refractivity contribution in [2.24, 2.45) is 11.8 Å². The number of Topliss-reactive ketones (excluding diaryl/α,β-unsaturated/α-hetero) is 1. The number of benzene rings is 2. The quantitative estimate of drug-likeness (QED) is 0.377. The Hall–Kier alpha value is -2.25. The van der Waals surface area contributed by atoms with Gasteiger partial charge in [-0.25, -0.2) is 0 Å². The average Bonchev–Trinajstić information content (AvgIpc) is 2.76. The second-order valence-corrected chi connectivity index (χ2v) is 9.17. The number of anilines is 1. The van der Waals surface area contributed by atoms with Gasteiger partial charge in [0.2, 0.25) is 5.91 Å². The van der Waals surface area contributed by atoms with E-state index < -0.39 is 0 Å². The molecule has 2 aromatic carbocycles. The van der Waals surface area contributed by atoms with Crippen LogP contribution in [0.25, 0.3) is 10.9 Å². The van der Waals surface area contributed by atoms with Gasteiger partial charge in [0.15, 0.2) is 11.2 Å². The van der Waals surface area contributed by atoms with Gasteiger partial charge in [-0.15, -0.1) is 0 Å². The van der Waals surface area contributed by atoms with Crippen LogP contribution in [0.5, 0.6) is 0 Å². The fraction of sp³-hybridized carbons (Fsp3) is 0.414. The maximum atomic E-state index is 12.1. The number of fused-ring (bicyclic) bond motifs is 1. The third kappa shape index (κ3) is 10.4. The Morgan fingerprint density at radius 1 is 0.944 bits per heavy atom. The number of carbonyl (C=O) groups excluding carboxylic acids is 2. The molecule has 1 amide bonds. The second-order valence-electron chi connectivity index (χ2n) is 9.17. The third-order valence-corrected chi connectivity index (χ3v) is 5.28. The van der Waals surface area contributed by atoms with Crippen LogP contribution in [0.4, 0.5) is 5.69 Å². The van der Waals surface area contributed by atoms with E-state index in [0.717, 1.165) is 28.6 Å². The van der Waals surface area contributed by atoms with Crippen molar-refractivity contribution in [2.75, 3.05) is 5.32 Å². The molecular formula is C29H41N2NaO4. The SMILES string of the molecule is C.CCC(=O)c1ccccc1NC(=O)CC(C)C.Cc1c(CC(C)C)[nH]c2ccccc2c1=O.[Na+].[OH-]. The van der Waals surface area contributed by atoms with Gasteiger partial charge in [-0.05, 0) is 49.4 Å². The van der Waals surface area contributed by atoms with Crippen LogP contribution in [0, 0.1) is 18.8 Å². The summed E-state index contributed by atoms with van der Waals surface area (Å²) in [5.74, 6) is 0.862. The van der Waals surface area contributed by atoms with Crippen molar-refractivity contribution in [3.8, 4) is 0 Å². The summed E-state index contributed by atoms with van der Waals surface area (Å²) in [4.78, 5) is 38.8. The fourth-order valence-corrected chi connectivity index (χ4v) is 3.60. The molecule has 0 aliphatic carbocycles. The number of hydrogen-bond acceptors (Lipinski definition) is 4. The molecule has 0 atom stereocenters. The Morgan fingerprint density at radius 3 is 2.11 bits per heavy atom. The molecule has 192 valence electrons. The van der Waals surface area contributed by atoms with Crippen LogP contribution in [-0.4, -0.2) is 22.2 Å². The van der Waals surface area contributed by atoms with Crippen molar-refractivity contribution < 1.29 is 44.6 Å². The van der Waals surface area contributed by atoms with Crippen molar-refractivity contribution in [2.45, 2.75) is 68.2 Å². The van der Waals surface area contributed by atoms with E-state index in [-0.39, 0.29) is 59.6 Å². The van der Waals surface area contributed by atoms with E-state index in [1.165, 1.54) is 0 Å². The van der Waals surface area contributed by atoms with Gasteiger partial charge < -0.3 is 15.8 Å². The minimum Gasteiger partial charge on any atom is -0.870 e. The van der Waals surface area contributed by atoms with Gasteiger partial charge in [-0.3, -0.25) is 14.4 Å². The summed E-state index contributed by atoms with van der Waals surface area (Å²) in [6, 6.07) is 14.8. The first-order chi connectivity index (χ1) is 15.6. The van der Waals surface area contributed by atoms with Crippen LogP contribution in [0.2, 0.25) is 0 Å². The van der Waals surface area contributed by atoms with Crippen molar-refractivity contribution in [1.29, 1.82) is 0 Å². The topological polar surface area (TPSA) is 109 Å². The van der Waals surface area contributed by atoms with Gasteiger partial charge in [0, 0.05) is 40.6 Å². The second kappa shape index (κ2) is 17.2. The number of hydrogen-bond donors (Lipinski definition) is 2. The van der Waals surface area contributed by atoms with E-state index in [9.17, 15) is 14.4 Å². The van der Waals surface area contributed by atoms with E-state index in [1.54, 1.807) is 18.2 Å². The normalized spacial score (nSPS) is 9.89. The summed E-state index contributed by atoms with van der Waals surface area (Å²) in [5, 5.41) is 3.58. The maximum Gasteiger partial charge on any atom is 1.00 e. The minimum atomic E-state index is -0.0450. The Balaban J connectivity index is 0. The van der Waals surface area contributed by atoms with E-state index in [4.69, 9.17) is 0 Å². The molecule has 36 heavy (non-hydrogen) atoms. The third-order valence-electron chi connectivity index (χ3n) is 5.28. The van der Waals surface area contributed by atoms with E-state index in [1.807, 2.05) is 58.0 Å². The molecule has 0 unspecified atom stereocenters. The Bertz CT molecular complexity index is 1170. The number of rotatable bonds is 7.